The second-order valence-electron chi connectivity index (χ2n) is 7.03. The van der Waals surface area contributed by atoms with Crippen LogP contribution in [-0.4, -0.2) is 39.5 Å². The first-order valence-electron chi connectivity index (χ1n) is 8.89. The summed E-state index contributed by atoms with van der Waals surface area (Å²) in [6.07, 6.45) is 2.99. The molecule has 2 atom stereocenters. The van der Waals surface area contributed by atoms with E-state index >= 15 is 0 Å². The van der Waals surface area contributed by atoms with Gasteiger partial charge in [-0.2, -0.15) is 0 Å². The number of thiophene rings is 1. The predicted molar refractivity (Wildman–Crippen MR) is 109 cm³/mol. The zero-order valence-corrected chi connectivity index (χ0v) is 18.0. The summed E-state index contributed by atoms with van der Waals surface area (Å²) in [6, 6.07) is 3.55. The molecule has 1 aliphatic rings. The summed E-state index contributed by atoms with van der Waals surface area (Å²) in [5.74, 6) is 0.376. The summed E-state index contributed by atoms with van der Waals surface area (Å²) < 4.78 is 28.3. The summed E-state index contributed by atoms with van der Waals surface area (Å²) >= 11 is 1.27. The Morgan fingerprint density at radius 1 is 1.38 bits per heavy atom. The fourth-order valence-electron chi connectivity index (χ4n) is 2.87. The molecule has 0 spiro atoms. The third-order valence-corrected chi connectivity index (χ3v) is 7.38. The maximum atomic E-state index is 12.6. The molecule has 2 rings (SSSR count). The lowest BCUT2D eigenvalue weighted by Crippen LogP contribution is -2.51. The molecular formula is C17H30ClN3O3S2. The Labute approximate surface area is 167 Å². The lowest BCUT2D eigenvalue weighted by molar-refractivity contribution is -0.121. The van der Waals surface area contributed by atoms with E-state index in [0.717, 1.165) is 24.3 Å². The fraction of sp³-hybridized carbons (Fsp3) is 0.706. The largest absolute Gasteiger partial charge is 0.356 e. The second kappa shape index (κ2) is 10.6. The number of sulfonamides is 1. The van der Waals surface area contributed by atoms with Gasteiger partial charge in [-0.05, 0) is 50.8 Å². The van der Waals surface area contributed by atoms with Crippen molar-refractivity contribution in [3.05, 3.63) is 17.0 Å². The van der Waals surface area contributed by atoms with E-state index < -0.39 is 10.0 Å². The number of amides is 1. The monoisotopic (exact) mass is 423 g/mol. The molecule has 1 aliphatic heterocycles. The fourth-order valence-corrected chi connectivity index (χ4v) is 5.59. The van der Waals surface area contributed by atoms with Gasteiger partial charge in [0.05, 0.1) is 0 Å². The van der Waals surface area contributed by atoms with Crippen LogP contribution in [-0.2, 0) is 21.2 Å². The third-order valence-electron chi connectivity index (χ3n) is 4.26. The Hall–Kier alpha value is -0.670. The van der Waals surface area contributed by atoms with Gasteiger partial charge < -0.3 is 10.6 Å². The standard InChI is InChI=1S/C17H29N3O3S2.ClH/c1-12(2)11-16(21)19-10-8-14-6-7-17(24-14)25(22,23)20-15-5-4-9-18-13(15)3;/h6-7,12-13,15,18,20H,4-5,8-11H2,1-3H3,(H,19,21);1H. The molecule has 150 valence electrons. The smallest absolute Gasteiger partial charge is 0.250 e. The Morgan fingerprint density at radius 3 is 2.77 bits per heavy atom. The predicted octanol–water partition coefficient (Wildman–Crippen LogP) is 2.29. The molecule has 9 heteroatoms. The number of piperidine rings is 1. The number of rotatable bonds is 8. The van der Waals surface area contributed by atoms with Crippen molar-refractivity contribution in [1.29, 1.82) is 0 Å². The lowest BCUT2D eigenvalue weighted by atomic mass is 10.0. The molecule has 6 nitrogen and oxygen atoms in total. The molecule has 1 aromatic rings. The van der Waals surface area contributed by atoms with Crippen molar-refractivity contribution in [2.24, 2.45) is 5.92 Å². The number of carbonyl (C=O) groups is 1. The van der Waals surface area contributed by atoms with Crippen molar-refractivity contribution in [3.8, 4) is 0 Å². The summed E-state index contributed by atoms with van der Waals surface area (Å²) in [6.45, 7) is 7.48. The molecular weight excluding hydrogens is 394 g/mol. The normalized spacial score (nSPS) is 20.6. The van der Waals surface area contributed by atoms with E-state index in [1.165, 1.54) is 11.3 Å². The van der Waals surface area contributed by atoms with Gasteiger partial charge in [-0.25, -0.2) is 13.1 Å². The van der Waals surface area contributed by atoms with Crippen LogP contribution in [0.3, 0.4) is 0 Å². The minimum Gasteiger partial charge on any atom is -0.356 e. The molecule has 26 heavy (non-hydrogen) atoms. The molecule has 0 bridgehead atoms. The Balaban J connectivity index is 0.00000338. The summed E-state index contributed by atoms with van der Waals surface area (Å²) in [4.78, 5) is 12.6. The molecule has 1 saturated heterocycles. The highest BCUT2D eigenvalue weighted by Crippen LogP contribution is 2.23. The van der Waals surface area contributed by atoms with E-state index in [1.54, 1.807) is 6.07 Å². The molecule has 0 saturated carbocycles. The number of hydrogen-bond acceptors (Lipinski definition) is 5. The van der Waals surface area contributed by atoms with E-state index in [9.17, 15) is 13.2 Å². The highest BCUT2D eigenvalue weighted by atomic mass is 35.5. The molecule has 1 amide bonds. The van der Waals surface area contributed by atoms with Crippen LogP contribution in [0.15, 0.2) is 16.3 Å². The average Bonchev–Trinajstić information content (AvgIpc) is 2.98. The van der Waals surface area contributed by atoms with Crippen molar-refractivity contribution in [1.82, 2.24) is 15.4 Å². The van der Waals surface area contributed by atoms with Gasteiger partial charge in [0.2, 0.25) is 15.9 Å². The van der Waals surface area contributed by atoms with E-state index in [0.29, 0.717) is 29.5 Å². The maximum absolute atomic E-state index is 12.6. The van der Waals surface area contributed by atoms with Crippen LogP contribution in [0.5, 0.6) is 0 Å². The van der Waals surface area contributed by atoms with E-state index in [1.807, 2.05) is 26.8 Å². The zero-order valence-electron chi connectivity index (χ0n) is 15.6. The quantitative estimate of drug-likeness (QED) is 0.598. The second-order valence-corrected chi connectivity index (χ2v) is 10.1. The molecule has 0 aliphatic carbocycles. The highest BCUT2D eigenvalue weighted by molar-refractivity contribution is 7.91. The topological polar surface area (TPSA) is 87.3 Å². The van der Waals surface area contributed by atoms with E-state index in [4.69, 9.17) is 0 Å². The Bertz CT molecular complexity index is 677. The molecule has 1 fully saturated rings. The summed E-state index contributed by atoms with van der Waals surface area (Å²) in [7, 11) is -3.49. The van der Waals surface area contributed by atoms with E-state index in [2.05, 4.69) is 15.4 Å². The van der Waals surface area contributed by atoms with Gasteiger partial charge >= 0.3 is 0 Å². The van der Waals surface area contributed by atoms with Crippen LogP contribution in [0.4, 0.5) is 0 Å². The van der Waals surface area contributed by atoms with Gasteiger partial charge in [-0.1, -0.05) is 13.8 Å². The first-order valence-corrected chi connectivity index (χ1v) is 11.2. The highest BCUT2D eigenvalue weighted by Gasteiger charge is 2.27. The van der Waals surface area contributed by atoms with Crippen LogP contribution in [0.1, 0.15) is 44.9 Å². The van der Waals surface area contributed by atoms with Crippen molar-refractivity contribution >= 4 is 39.7 Å². The number of carbonyl (C=O) groups excluding carboxylic acids is 1. The SMILES string of the molecule is CC(C)CC(=O)NCCc1ccc(S(=O)(=O)NC2CCCNC2C)s1.Cl. The van der Waals surface area contributed by atoms with Crippen LogP contribution < -0.4 is 15.4 Å². The van der Waals surface area contributed by atoms with Crippen LogP contribution in [0.25, 0.3) is 0 Å². The first-order chi connectivity index (χ1) is 11.8. The van der Waals surface area contributed by atoms with Crippen molar-refractivity contribution in [3.63, 3.8) is 0 Å². The molecule has 1 aromatic heterocycles. The average molecular weight is 424 g/mol. The van der Waals surface area contributed by atoms with Gasteiger partial charge in [0, 0.05) is 29.9 Å². The lowest BCUT2D eigenvalue weighted by Gasteiger charge is -2.30. The van der Waals surface area contributed by atoms with Crippen LogP contribution >= 0.6 is 23.7 Å². The minimum absolute atomic E-state index is 0. The number of nitrogens with one attached hydrogen (secondary N) is 3. The first kappa shape index (κ1) is 23.4. The molecule has 0 radical (unpaired) electrons. The van der Waals surface area contributed by atoms with Crippen molar-refractivity contribution < 1.29 is 13.2 Å². The Kier molecular flexibility index (Phi) is 9.54. The summed E-state index contributed by atoms with van der Waals surface area (Å²) in [5.41, 5.74) is 0. The third kappa shape index (κ3) is 7.15. The number of halogens is 1. The van der Waals surface area contributed by atoms with Crippen molar-refractivity contribution in [2.45, 2.75) is 62.7 Å². The Morgan fingerprint density at radius 2 is 2.12 bits per heavy atom. The van der Waals surface area contributed by atoms with Crippen molar-refractivity contribution in [2.75, 3.05) is 13.1 Å². The van der Waals surface area contributed by atoms with Crippen LogP contribution in [0.2, 0.25) is 0 Å². The van der Waals surface area contributed by atoms with Gasteiger partial charge in [-0.3, -0.25) is 4.79 Å². The number of hydrogen-bond donors (Lipinski definition) is 3. The van der Waals surface area contributed by atoms with Gasteiger partial charge in [0.1, 0.15) is 4.21 Å². The molecule has 2 unspecified atom stereocenters. The summed E-state index contributed by atoms with van der Waals surface area (Å²) in [5, 5.41) is 6.18. The van der Waals surface area contributed by atoms with Gasteiger partial charge in [0.25, 0.3) is 0 Å². The van der Waals surface area contributed by atoms with Crippen LogP contribution in [0, 0.1) is 5.92 Å². The molecule has 2 heterocycles. The van der Waals surface area contributed by atoms with Gasteiger partial charge in [-0.15, -0.1) is 23.7 Å². The maximum Gasteiger partial charge on any atom is 0.250 e. The molecule has 0 aromatic carbocycles. The zero-order chi connectivity index (χ0) is 18.4. The minimum atomic E-state index is -3.49. The van der Waals surface area contributed by atoms with Gasteiger partial charge in [0.15, 0.2) is 0 Å². The molecule has 3 N–H and O–H groups in total. The van der Waals surface area contributed by atoms with E-state index in [-0.39, 0.29) is 30.4 Å².